The zero-order valence-electron chi connectivity index (χ0n) is 10.1. The fourth-order valence-electron chi connectivity index (χ4n) is 1.64. The standard InChI is InChI=1S/C11H20N2O3S/c1-17-6-5-9(10(14)15)13-11(16)12-7-8-3-2-4-8/h8-9H,2-7H2,1H3,(H,14,15)(H2,12,13,16)/t9-/m0/s1. The molecule has 1 fully saturated rings. The van der Waals surface area contributed by atoms with Crippen LogP contribution in [0.15, 0.2) is 0 Å². The second-order valence-electron chi connectivity index (χ2n) is 4.32. The number of amides is 2. The third-order valence-electron chi connectivity index (χ3n) is 2.99. The summed E-state index contributed by atoms with van der Waals surface area (Å²) >= 11 is 1.57. The number of urea groups is 1. The van der Waals surface area contributed by atoms with Gasteiger partial charge in [-0.25, -0.2) is 9.59 Å². The average Bonchev–Trinajstić information content (AvgIpc) is 2.21. The van der Waals surface area contributed by atoms with Crippen molar-refractivity contribution in [2.75, 3.05) is 18.6 Å². The summed E-state index contributed by atoms with van der Waals surface area (Å²) in [5.74, 6) is 0.327. The minimum Gasteiger partial charge on any atom is -0.480 e. The van der Waals surface area contributed by atoms with E-state index in [0.29, 0.717) is 18.9 Å². The van der Waals surface area contributed by atoms with Crippen LogP contribution in [0, 0.1) is 5.92 Å². The molecule has 0 radical (unpaired) electrons. The number of hydrogen-bond donors (Lipinski definition) is 3. The van der Waals surface area contributed by atoms with E-state index in [4.69, 9.17) is 5.11 Å². The van der Waals surface area contributed by atoms with Crippen molar-refractivity contribution in [3.8, 4) is 0 Å². The van der Waals surface area contributed by atoms with Crippen molar-refractivity contribution in [1.29, 1.82) is 0 Å². The highest BCUT2D eigenvalue weighted by Crippen LogP contribution is 2.24. The molecule has 5 nitrogen and oxygen atoms in total. The van der Waals surface area contributed by atoms with E-state index in [1.165, 1.54) is 6.42 Å². The zero-order valence-corrected chi connectivity index (χ0v) is 10.9. The molecular formula is C11H20N2O3S. The fraction of sp³-hybridized carbons (Fsp3) is 0.818. The zero-order chi connectivity index (χ0) is 12.7. The quantitative estimate of drug-likeness (QED) is 0.644. The molecule has 1 saturated carbocycles. The van der Waals surface area contributed by atoms with Gasteiger partial charge in [0.25, 0.3) is 0 Å². The van der Waals surface area contributed by atoms with Crippen molar-refractivity contribution in [2.24, 2.45) is 5.92 Å². The number of carbonyl (C=O) groups is 2. The minimum atomic E-state index is -0.974. The molecule has 0 unspecified atom stereocenters. The van der Waals surface area contributed by atoms with E-state index in [1.54, 1.807) is 11.8 Å². The van der Waals surface area contributed by atoms with Gasteiger partial charge in [0.1, 0.15) is 6.04 Å². The van der Waals surface area contributed by atoms with E-state index in [2.05, 4.69) is 10.6 Å². The largest absolute Gasteiger partial charge is 0.480 e. The maximum Gasteiger partial charge on any atom is 0.326 e. The first-order chi connectivity index (χ1) is 8.13. The van der Waals surface area contributed by atoms with Crippen LogP contribution in [0.4, 0.5) is 4.79 Å². The van der Waals surface area contributed by atoms with Crippen LogP contribution in [0.5, 0.6) is 0 Å². The molecular weight excluding hydrogens is 240 g/mol. The Labute approximate surface area is 106 Å². The monoisotopic (exact) mass is 260 g/mol. The van der Waals surface area contributed by atoms with Gasteiger partial charge < -0.3 is 15.7 Å². The van der Waals surface area contributed by atoms with Crippen LogP contribution in [-0.4, -0.2) is 41.7 Å². The predicted octanol–water partition coefficient (Wildman–Crippen LogP) is 1.29. The van der Waals surface area contributed by atoms with Crippen molar-refractivity contribution in [1.82, 2.24) is 10.6 Å². The van der Waals surface area contributed by atoms with E-state index in [1.807, 2.05) is 6.26 Å². The van der Waals surface area contributed by atoms with E-state index in [0.717, 1.165) is 18.6 Å². The van der Waals surface area contributed by atoms with Crippen LogP contribution < -0.4 is 10.6 Å². The Morgan fingerprint density at radius 1 is 1.47 bits per heavy atom. The molecule has 1 aliphatic rings. The van der Waals surface area contributed by atoms with Gasteiger partial charge in [-0.05, 0) is 37.2 Å². The number of carboxylic acid groups (broad SMARTS) is 1. The highest BCUT2D eigenvalue weighted by atomic mass is 32.2. The molecule has 1 atom stereocenters. The lowest BCUT2D eigenvalue weighted by Crippen LogP contribution is -2.47. The Balaban J connectivity index is 2.22. The summed E-state index contributed by atoms with van der Waals surface area (Å²) in [6.45, 7) is 0.653. The summed E-state index contributed by atoms with van der Waals surface area (Å²) in [5.41, 5.74) is 0. The van der Waals surface area contributed by atoms with Crippen molar-refractivity contribution >= 4 is 23.8 Å². The lowest BCUT2D eigenvalue weighted by Gasteiger charge is -2.25. The van der Waals surface area contributed by atoms with E-state index < -0.39 is 12.0 Å². The van der Waals surface area contributed by atoms with Crippen molar-refractivity contribution in [3.63, 3.8) is 0 Å². The molecule has 98 valence electrons. The summed E-state index contributed by atoms with van der Waals surface area (Å²) < 4.78 is 0. The van der Waals surface area contributed by atoms with Gasteiger partial charge in [-0.3, -0.25) is 0 Å². The molecule has 0 aliphatic heterocycles. The van der Waals surface area contributed by atoms with Crippen molar-refractivity contribution in [2.45, 2.75) is 31.7 Å². The van der Waals surface area contributed by atoms with Gasteiger partial charge >= 0.3 is 12.0 Å². The molecule has 2 amide bonds. The summed E-state index contributed by atoms with van der Waals surface area (Å²) in [6.07, 6.45) is 5.92. The van der Waals surface area contributed by atoms with Crippen LogP contribution in [0.3, 0.4) is 0 Å². The Morgan fingerprint density at radius 2 is 2.18 bits per heavy atom. The summed E-state index contributed by atoms with van der Waals surface area (Å²) in [6, 6.07) is -1.16. The highest BCUT2D eigenvalue weighted by Gasteiger charge is 2.21. The molecule has 17 heavy (non-hydrogen) atoms. The van der Waals surface area contributed by atoms with Crippen LogP contribution >= 0.6 is 11.8 Å². The average molecular weight is 260 g/mol. The van der Waals surface area contributed by atoms with Crippen LogP contribution in [-0.2, 0) is 4.79 Å². The molecule has 0 aromatic rings. The number of hydrogen-bond acceptors (Lipinski definition) is 3. The smallest absolute Gasteiger partial charge is 0.326 e. The molecule has 0 spiro atoms. The third-order valence-corrected chi connectivity index (χ3v) is 3.63. The van der Waals surface area contributed by atoms with Crippen LogP contribution in [0.25, 0.3) is 0 Å². The van der Waals surface area contributed by atoms with Crippen molar-refractivity contribution in [3.05, 3.63) is 0 Å². The summed E-state index contributed by atoms with van der Waals surface area (Å²) in [5, 5.41) is 14.1. The van der Waals surface area contributed by atoms with Gasteiger partial charge in [-0.15, -0.1) is 0 Å². The topological polar surface area (TPSA) is 78.4 Å². The second-order valence-corrected chi connectivity index (χ2v) is 5.31. The maximum atomic E-state index is 11.5. The van der Waals surface area contributed by atoms with Crippen LogP contribution in [0.1, 0.15) is 25.7 Å². The van der Waals surface area contributed by atoms with Gasteiger partial charge in [0.2, 0.25) is 0 Å². The number of aliphatic carboxylic acids is 1. The molecule has 0 saturated heterocycles. The van der Waals surface area contributed by atoms with Crippen LogP contribution in [0.2, 0.25) is 0 Å². The lowest BCUT2D eigenvalue weighted by molar-refractivity contribution is -0.139. The minimum absolute atomic E-state index is 0.370. The molecule has 0 aromatic heterocycles. The third kappa shape index (κ3) is 5.30. The molecule has 3 N–H and O–H groups in total. The van der Waals surface area contributed by atoms with E-state index >= 15 is 0 Å². The molecule has 0 heterocycles. The number of carbonyl (C=O) groups excluding carboxylic acids is 1. The summed E-state index contributed by atoms with van der Waals surface area (Å²) in [7, 11) is 0. The van der Waals surface area contributed by atoms with E-state index in [-0.39, 0.29) is 6.03 Å². The number of rotatable bonds is 7. The SMILES string of the molecule is CSCC[C@H](NC(=O)NCC1CCC1)C(=O)O. The van der Waals surface area contributed by atoms with Gasteiger partial charge in [0.15, 0.2) is 0 Å². The van der Waals surface area contributed by atoms with Gasteiger partial charge in [-0.2, -0.15) is 11.8 Å². The first kappa shape index (κ1) is 14.2. The van der Waals surface area contributed by atoms with Gasteiger partial charge in [0, 0.05) is 6.54 Å². The molecule has 0 bridgehead atoms. The Hall–Kier alpha value is -0.910. The Kier molecular flexibility index (Phi) is 6.18. The first-order valence-electron chi connectivity index (χ1n) is 5.89. The van der Waals surface area contributed by atoms with Gasteiger partial charge in [0.05, 0.1) is 0 Å². The first-order valence-corrected chi connectivity index (χ1v) is 7.29. The Bertz CT molecular complexity index is 269. The maximum absolute atomic E-state index is 11.5. The lowest BCUT2D eigenvalue weighted by atomic mass is 9.85. The molecule has 1 aliphatic carbocycles. The molecule has 1 rings (SSSR count). The summed E-state index contributed by atoms with van der Waals surface area (Å²) in [4.78, 5) is 22.4. The number of nitrogens with one attached hydrogen (secondary N) is 2. The predicted molar refractivity (Wildman–Crippen MR) is 68.3 cm³/mol. The normalized spacial score (nSPS) is 17.0. The molecule has 6 heteroatoms. The number of thioether (sulfide) groups is 1. The number of carboxylic acids is 1. The van der Waals surface area contributed by atoms with Gasteiger partial charge in [-0.1, -0.05) is 6.42 Å². The van der Waals surface area contributed by atoms with Crippen molar-refractivity contribution < 1.29 is 14.7 Å². The Morgan fingerprint density at radius 3 is 2.65 bits per heavy atom. The second kappa shape index (κ2) is 7.42. The van der Waals surface area contributed by atoms with E-state index in [9.17, 15) is 9.59 Å². The highest BCUT2D eigenvalue weighted by molar-refractivity contribution is 7.98. The fourth-order valence-corrected chi connectivity index (χ4v) is 2.11. The molecule has 0 aromatic carbocycles.